The second-order valence-electron chi connectivity index (χ2n) is 5.30. The molecule has 23 heavy (non-hydrogen) atoms. The van der Waals surface area contributed by atoms with Gasteiger partial charge in [-0.25, -0.2) is 0 Å². The second kappa shape index (κ2) is 6.76. The van der Waals surface area contributed by atoms with E-state index in [1.165, 1.54) is 5.56 Å². The first-order chi connectivity index (χ1) is 11.3. The lowest BCUT2D eigenvalue weighted by molar-refractivity contribution is 0.675. The average Bonchev–Trinajstić information content (AvgIpc) is 2.62. The highest BCUT2D eigenvalue weighted by atomic mass is 16.1. The average molecular weight is 300 g/mol. The maximum atomic E-state index is 12.6. The van der Waals surface area contributed by atoms with E-state index >= 15 is 0 Å². The summed E-state index contributed by atoms with van der Waals surface area (Å²) in [4.78, 5) is 12.6. The van der Waals surface area contributed by atoms with Gasteiger partial charge in [0, 0.05) is 6.54 Å². The molecule has 0 amide bonds. The third-order valence-electron chi connectivity index (χ3n) is 3.83. The second-order valence-corrected chi connectivity index (χ2v) is 5.30. The number of aromatic nitrogens is 1. The minimum Gasteiger partial charge on any atom is -0.307 e. The number of pyridine rings is 1. The van der Waals surface area contributed by atoms with Crippen molar-refractivity contribution in [2.24, 2.45) is 0 Å². The maximum absolute atomic E-state index is 12.6. The van der Waals surface area contributed by atoms with E-state index in [2.05, 4.69) is 0 Å². The molecule has 3 aromatic rings. The lowest BCUT2D eigenvalue weighted by Crippen LogP contribution is -2.25. The van der Waals surface area contributed by atoms with Crippen LogP contribution in [0.15, 0.2) is 77.6 Å². The zero-order valence-electron chi connectivity index (χ0n) is 12.6. The Morgan fingerprint density at radius 1 is 0.870 bits per heavy atom. The summed E-state index contributed by atoms with van der Waals surface area (Å²) in [7, 11) is 0. The molecule has 0 spiro atoms. The van der Waals surface area contributed by atoms with E-state index in [1.807, 2.05) is 72.8 Å². The van der Waals surface area contributed by atoms with Gasteiger partial charge in [-0.15, -0.1) is 0 Å². The Morgan fingerprint density at radius 2 is 1.52 bits per heavy atom. The molecule has 0 radical (unpaired) electrons. The Bertz CT molecular complexity index is 890. The van der Waals surface area contributed by atoms with Gasteiger partial charge < -0.3 is 4.57 Å². The van der Waals surface area contributed by atoms with Crippen molar-refractivity contribution in [2.75, 3.05) is 0 Å². The Labute approximate surface area is 135 Å². The van der Waals surface area contributed by atoms with E-state index in [0.29, 0.717) is 6.54 Å². The number of aryl methyl sites for hydroxylation is 1. The van der Waals surface area contributed by atoms with Crippen LogP contribution < -0.4 is 5.56 Å². The molecule has 0 aliphatic rings. The summed E-state index contributed by atoms with van der Waals surface area (Å²) in [5, 5.41) is 9.13. The van der Waals surface area contributed by atoms with Crippen molar-refractivity contribution < 1.29 is 0 Å². The molecule has 0 atom stereocenters. The highest BCUT2D eigenvalue weighted by Gasteiger charge is 2.10. The van der Waals surface area contributed by atoms with Gasteiger partial charge in [0.15, 0.2) is 0 Å². The first kappa shape index (κ1) is 14.8. The summed E-state index contributed by atoms with van der Waals surface area (Å²) < 4.78 is 1.70. The largest absolute Gasteiger partial charge is 0.307 e. The zero-order valence-corrected chi connectivity index (χ0v) is 12.6. The van der Waals surface area contributed by atoms with Gasteiger partial charge in [0.2, 0.25) is 0 Å². The van der Waals surface area contributed by atoms with Crippen LogP contribution in [0.5, 0.6) is 0 Å². The fourth-order valence-corrected chi connectivity index (χ4v) is 2.63. The van der Waals surface area contributed by atoms with Crippen molar-refractivity contribution >= 4 is 0 Å². The highest BCUT2D eigenvalue weighted by molar-refractivity contribution is 5.60. The van der Waals surface area contributed by atoms with Crippen LogP contribution in [0.2, 0.25) is 0 Å². The fraction of sp³-hybridized carbons (Fsp3) is 0.100. The van der Waals surface area contributed by atoms with Crippen LogP contribution in [-0.2, 0) is 13.0 Å². The van der Waals surface area contributed by atoms with Gasteiger partial charge in [-0.05, 0) is 29.7 Å². The normalized spacial score (nSPS) is 10.2. The monoisotopic (exact) mass is 300 g/mol. The summed E-state index contributed by atoms with van der Waals surface area (Å²) in [6.45, 7) is 0.544. The molecule has 112 valence electrons. The molecule has 0 N–H and O–H groups in total. The van der Waals surface area contributed by atoms with Gasteiger partial charge in [-0.3, -0.25) is 4.79 Å². The van der Waals surface area contributed by atoms with Gasteiger partial charge >= 0.3 is 0 Å². The number of rotatable bonds is 4. The van der Waals surface area contributed by atoms with Gasteiger partial charge in [-0.2, -0.15) is 5.26 Å². The summed E-state index contributed by atoms with van der Waals surface area (Å²) >= 11 is 0. The SMILES string of the molecule is N#Cc1ccc(-c2ccccc2)n(CCc2ccccc2)c1=O. The minimum atomic E-state index is -0.232. The zero-order chi connectivity index (χ0) is 16.1. The Morgan fingerprint density at radius 3 is 2.17 bits per heavy atom. The molecule has 1 aromatic heterocycles. The Hall–Kier alpha value is -3.12. The van der Waals surface area contributed by atoms with Crippen molar-refractivity contribution in [3.8, 4) is 17.3 Å². The smallest absolute Gasteiger partial charge is 0.268 e. The number of hydrogen-bond acceptors (Lipinski definition) is 2. The number of hydrogen-bond donors (Lipinski definition) is 0. The Balaban J connectivity index is 2.02. The van der Waals surface area contributed by atoms with Crippen LogP contribution in [0.3, 0.4) is 0 Å². The summed E-state index contributed by atoms with van der Waals surface area (Å²) in [5.74, 6) is 0. The van der Waals surface area contributed by atoms with Crippen molar-refractivity contribution in [1.29, 1.82) is 5.26 Å². The van der Waals surface area contributed by atoms with Crippen molar-refractivity contribution in [3.63, 3.8) is 0 Å². The third-order valence-corrected chi connectivity index (χ3v) is 3.83. The molecule has 0 aliphatic carbocycles. The predicted octanol–water partition coefficient (Wildman–Crippen LogP) is 3.63. The standard InChI is InChI=1S/C20H16N2O/c21-15-18-11-12-19(17-9-5-2-6-10-17)22(20(18)23)14-13-16-7-3-1-4-8-16/h1-12H,13-14H2. The molecule has 0 saturated heterocycles. The maximum Gasteiger partial charge on any atom is 0.268 e. The molecule has 0 unspecified atom stereocenters. The summed E-state index contributed by atoms with van der Waals surface area (Å²) in [6, 6.07) is 25.2. The van der Waals surface area contributed by atoms with Crippen LogP contribution in [-0.4, -0.2) is 4.57 Å². The van der Waals surface area contributed by atoms with Crippen LogP contribution >= 0.6 is 0 Å². The quantitative estimate of drug-likeness (QED) is 0.738. The third kappa shape index (κ3) is 3.22. The van der Waals surface area contributed by atoms with E-state index in [0.717, 1.165) is 17.7 Å². The summed E-state index contributed by atoms with van der Waals surface area (Å²) in [5.41, 5.74) is 2.93. The lowest BCUT2D eigenvalue weighted by Gasteiger charge is -2.13. The van der Waals surface area contributed by atoms with Crippen LogP contribution in [0.25, 0.3) is 11.3 Å². The van der Waals surface area contributed by atoms with E-state index in [9.17, 15) is 4.79 Å². The minimum absolute atomic E-state index is 0.178. The molecule has 0 aliphatic heterocycles. The van der Waals surface area contributed by atoms with E-state index in [-0.39, 0.29) is 11.1 Å². The first-order valence-corrected chi connectivity index (χ1v) is 7.53. The molecule has 3 nitrogen and oxygen atoms in total. The fourth-order valence-electron chi connectivity index (χ4n) is 2.63. The van der Waals surface area contributed by atoms with Gasteiger partial charge in [0.1, 0.15) is 11.6 Å². The van der Waals surface area contributed by atoms with Gasteiger partial charge in [-0.1, -0.05) is 60.7 Å². The predicted molar refractivity (Wildman–Crippen MR) is 91.0 cm³/mol. The molecule has 0 fully saturated rings. The van der Waals surface area contributed by atoms with Gasteiger partial charge in [0.05, 0.1) is 5.69 Å². The van der Waals surface area contributed by atoms with Crippen molar-refractivity contribution in [1.82, 2.24) is 4.57 Å². The summed E-state index contributed by atoms with van der Waals surface area (Å²) in [6.07, 6.45) is 0.745. The Kier molecular flexibility index (Phi) is 4.35. The molecule has 0 saturated carbocycles. The first-order valence-electron chi connectivity index (χ1n) is 7.53. The lowest BCUT2D eigenvalue weighted by atomic mass is 10.1. The van der Waals surface area contributed by atoms with Gasteiger partial charge in [0.25, 0.3) is 5.56 Å². The molecular formula is C20H16N2O. The molecule has 3 rings (SSSR count). The number of nitrogens with zero attached hydrogens (tertiary/aromatic N) is 2. The molecule has 0 bridgehead atoms. The van der Waals surface area contributed by atoms with E-state index < -0.39 is 0 Å². The number of benzene rings is 2. The van der Waals surface area contributed by atoms with Crippen LogP contribution in [0.1, 0.15) is 11.1 Å². The molecular weight excluding hydrogens is 284 g/mol. The number of nitriles is 1. The van der Waals surface area contributed by atoms with E-state index in [1.54, 1.807) is 10.6 Å². The van der Waals surface area contributed by atoms with Crippen LogP contribution in [0.4, 0.5) is 0 Å². The molecule has 3 heteroatoms. The molecule has 2 aromatic carbocycles. The highest BCUT2D eigenvalue weighted by Crippen LogP contribution is 2.18. The topological polar surface area (TPSA) is 45.8 Å². The van der Waals surface area contributed by atoms with Crippen LogP contribution in [0, 0.1) is 11.3 Å². The van der Waals surface area contributed by atoms with Crippen molar-refractivity contribution in [3.05, 3.63) is 94.3 Å². The van der Waals surface area contributed by atoms with E-state index in [4.69, 9.17) is 5.26 Å². The molecule has 1 heterocycles. The van der Waals surface area contributed by atoms with Crippen molar-refractivity contribution in [2.45, 2.75) is 13.0 Å².